The highest BCUT2D eigenvalue weighted by atomic mass is 15.3. The van der Waals surface area contributed by atoms with E-state index in [4.69, 9.17) is 5.73 Å². The fourth-order valence-corrected chi connectivity index (χ4v) is 2.20. The second kappa shape index (κ2) is 4.78. The summed E-state index contributed by atoms with van der Waals surface area (Å²) in [4.78, 5) is 11.1. The Morgan fingerprint density at radius 2 is 2.25 bits per heavy atom. The molecule has 1 aromatic heterocycles. The van der Waals surface area contributed by atoms with Crippen LogP contribution >= 0.6 is 0 Å². The second-order valence-corrected chi connectivity index (χ2v) is 4.74. The number of rotatable bonds is 2. The molecule has 0 amide bonds. The molecule has 0 aromatic carbocycles. The lowest BCUT2D eigenvalue weighted by atomic mass is 9.95. The van der Waals surface area contributed by atoms with Crippen molar-refractivity contribution in [2.24, 2.45) is 11.7 Å². The van der Waals surface area contributed by atoms with Crippen molar-refractivity contribution >= 4 is 5.95 Å². The van der Waals surface area contributed by atoms with Gasteiger partial charge in [-0.05, 0) is 31.7 Å². The average Bonchev–Trinajstić information content (AvgIpc) is 2.32. The zero-order chi connectivity index (χ0) is 11.5. The summed E-state index contributed by atoms with van der Waals surface area (Å²) in [6.07, 6.45) is 4.32. The zero-order valence-corrected chi connectivity index (χ0v) is 10.1. The zero-order valence-electron chi connectivity index (χ0n) is 10.1. The van der Waals surface area contributed by atoms with Gasteiger partial charge in [0.05, 0.1) is 5.69 Å². The first kappa shape index (κ1) is 11.3. The molecule has 2 unspecified atom stereocenters. The Kier molecular flexibility index (Phi) is 3.39. The highest BCUT2D eigenvalue weighted by molar-refractivity contribution is 5.32. The lowest BCUT2D eigenvalue weighted by Crippen LogP contribution is -2.42. The van der Waals surface area contributed by atoms with E-state index >= 15 is 0 Å². The van der Waals surface area contributed by atoms with Crippen molar-refractivity contribution in [3.63, 3.8) is 0 Å². The summed E-state index contributed by atoms with van der Waals surface area (Å²) >= 11 is 0. The van der Waals surface area contributed by atoms with Crippen molar-refractivity contribution in [3.05, 3.63) is 18.0 Å². The summed E-state index contributed by atoms with van der Waals surface area (Å²) in [5, 5.41) is 0. The molecule has 0 radical (unpaired) electrons. The third-order valence-corrected chi connectivity index (χ3v) is 3.28. The predicted molar refractivity (Wildman–Crippen MR) is 65.1 cm³/mol. The smallest absolute Gasteiger partial charge is 0.225 e. The van der Waals surface area contributed by atoms with E-state index in [0.717, 1.165) is 24.1 Å². The minimum atomic E-state index is 0.479. The van der Waals surface area contributed by atoms with Gasteiger partial charge in [-0.3, -0.25) is 0 Å². The molecule has 1 aliphatic heterocycles. The molecule has 4 heteroatoms. The van der Waals surface area contributed by atoms with E-state index in [-0.39, 0.29) is 0 Å². The molecule has 2 N–H and O–H groups in total. The van der Waals surface area contributed by atoms with Gasteiger partial charge in [0.25, 0.3) is 0 Å². The molecule has 0 bridgehead atoms. The van der Waals surface area contributed by atoms with E-state index in [1.807, 2.05) is 6.07 Å². The normalized spacial score (nSPS) is 25.8. The first-order valence-corrected chi connectivity index (χ1v) is 5.99. The summed E-state index contributed by atoms with van der Waals surface area (Å²) in [6, 6.07) is 2.41. The molecule has 2 heterocycles. The number of nitrogens with two attached hydrogens (primary N) is 1. The van der Waals surface area contributed by atoms with Crippen LogP contribution in [-0.2, 0) is 6.54 Å². The Labute approximate surface area is 96.9 Å². The molecule has 0 aliphatic carbocycles. The van der Waals surface area contributed by atoms with Gasteiger partial charge in [0.2, 0.25) is 5.95 Å². The summed E-state index contributed by atoms with van der Waals surface area (Å²) in [5.41, 5.74) is 6.51. The molecule has 1 saturated heterocycles. The molecule has 16 heavy (non-hydrogen) atoms. The maximum absolute atomic E-state index is 5.60. The van der Waals surface area contributed by atoms with Crippen LogP contribution in [0, 0.1) is 5.92 Å². The summed E-state index contributed by atoms with van der Waals surface area (Å²) < 4.78 is 0. The van der Waals surface area contributed by atoms with Crippen molar-refractivity contribution in [2.45, 2.75) is 39.3 Å². The first-order chi connectivity index (χ1) is 7.70. The molecule has 1 fully saturated rings. The Balaban J connectivity index is 2.20. The van der Waals surface area contributed by atoms with Gasteiger partial charge >= 0.3 is 0 Å². The van der Waals surface area contributed by atoms with Crippen LogP contribution in [0.5, 0.6) is 0 Å². The van der Waals surface area contributed by atoms with Gasteiger partial charge in [-0.25, -0.2) is 9.97 Å². The van der Waals surface area contributed by atoms with Gasteiger partial charge in [0, 0.05) is 25.3 Å². The number of piperidine rings is 1. The van der Waals surface area contributed by atoms with Gasteiger partial charge < -0.3 is 10.6 Å². The van der Waals surface area contributed by atoms with Crippen LogP contribution in [0.15, 0.2) is 12.3 Å². The van der Waals surface area contributed by atoms with Gasteiger partial charge in [0.1, 0.15) is 0 Å². The van der Waals surface area contributed by atoms with Crippen LogP contribution in [0.4, 0.5) is 5.95 Å². The Hall–Kier alpha value is -1.16. The van der Waals surface area contributed by atoms with Gasteiger partial charge in [0.15, 0.2) is 0 Å². The number of aromatic nitrogens is 2. The van der Waals surface area contributed by atoms with E-state index in [9.17, 15) is 0 Å². The van der Waals surface area contributed by atoms with Crippen LogP contribution in [0.2, 0.25) is 0 Å². The molecule has 1 aliphatic rings. The molecule has 4 nitrogen and oxygen atoms in total. The van der Waals surface area contributed by atoms with Gasteiger partial charge in [-0.1, -0.05) is 6.92 Å². The van der Waals surface area contributed by atoms with Crippen LogP contribution in [0.25, 0.3) is 0 Å². The number of anilines is 1. The van der Waals surface area contributed by atoms with E-state index < -0.39 is 0 Å². The Bertz CT molecular complexity index is 353. The maximum atomic E-state index is 5.60. The maximum Gasteiger partial charge on any atom is 0.225 e. The fourth-order valence-electron chi connectivity index (χ4n) is 2.20. The molecular weight excluding hydrogens is 200 g/mol. The third kappa shape index (κ3) is 2.32. The first-order valence-electron chi connectivity index (χ1n) is 5.99. The minimum absolute atomic E-state index is 0.479. The largest absolute Gasteiger partial charge is 0.338 e. The molecule has 2 atom stereocenters. The SMILES string of the molecule is CC1CCC(C)N(c2nccc(CN)n2)C1. The van der Waals surface area contributed by atoms with E-state index in [2.05, 4.69) is 28.7 Å². The molecule has 1 aromatic rings. The molecule has 0 spiro atoms. The molecule has 88 valence electrons. The van der Waals surface area contributed by atoms with E-state index in [1.54, 1.807) is 6.20 Å². The molecule has 0 saturated carbocycles. The quantitative estimate of drug-likeness (QED) is 0.821. The number of hydrogen-bond donors (Lipinski definition) is 1. The lowest BCUT2D eigenvalue weighted by Gasteiger charge is -2.36. The molecular formula is C12H20N4. The van der Waals surface area contributed by atoms with Gasteiger partial charge in [-0.15, -0.1) is 0 Å². The van der Waals surface area contributed by atoms with Crippen LogP contribution < -0.4 is 10.6 Å². The fraction of sp³-hybridized carbons (Fsp3) is 0.667. The number of hydrogen-bond acceptors (Lipinski definition) is 4. The minimum Gasteiger partial charge on any atom is -0.338 e. The second-order valence-electron chi connectivity index (χ2n) is 4.74. The Morgan fingerprint density at radius 1 is 1.44 bits per heavy atom. The number of nitrogens with zero attached hydrogens (tertiary/aromatic N) is 3. The van der Waals surface area contributed by atoms with Gasteiger partial charge in [-0.2, -0.15) is 0 Å². The third-order valence-electron chi connectivity index (χ3n) is 3.28. The van der Waals surface area contributed by atoms with Crippen molar-refractivity contribution < 1.29 is 0 Å². The van der Waals surface area contributed by atoms with Crippen LogP contribution in [-0.4, -0.2) is 22.6 Å². The Morgan fingerprint density at radius 3 is 3.00 bits per heavy atom. The topological polar surface area (TPSA) is 55.0 Å². The average molecular weight is 220 g/mol. The van der Waals surface area contributed by atoms with E-state index in [0.29, 0.717) is 12.6 Å². The lowest BCUT2D eigenvalue weighted by molar-refractivity contribution is 0.385. The van der Waals surface area contributed by atoms with Crippen molar-refractivity contribution in [1.29, 1.82) is 0 Å². The van der Waals surface area contributed by atoms with Crippen molar-refractivity contribution in [1.82, 2.24) is 9.97 Å². The van der Waals surface area contributed by atoms with Crippen LogP contribution in [0.1, 0.15) is 32.4 Å². The summed E-state index contributed by atoms with van der Waals surface area (Å²) in [5.74, 6) is 1.56. The van der Waals surface area contributed by atoms with Crippen molar-refractivity contribution in [2.75, 3.05) is 11.4 Å². The molecule has 2 rings (SSSR count). The van der Waals surface area contributed by atoms with E-state index in [1.165, 1.54) is 12.8 Å². The highest BCUT2D eigenvalue weighted by Gasteiger charge is 2.24. The monoisotopic (exact) mass is 220 g/mol. The summed E-state index contributed by atoms with van der Waals surface area (Å²) in [7, 11) is 0. The predicted octanol–water partition coefficient (Wildman–Crippen LogP) is 1.56. The summed E-state index contributed by atoms with van der Waals surface area (Å²) in [6.45, 7) is 6.05. The van der Waals surface area contributed by atoms with Crippen molar-refractivity contribution in [3.8, 4) is 0 Å². The highest BCUT2D eigenvalue weighted by Crippen LogP contribution is 2.24. The van der Waals surface area contributed by atoms with Crippen LogP contribution in [0.3, 0.4) is 0 Å². The standard InChI is InChI=1S/C12H20N4/c1-9-3-4-10(2)16(8-9)12-14-6-5-11(7-13)15-12/h5-6,9-10H,3-4,7-8,13H2,1-2H3.